The Morgan fingerprint density at radius 1 is 1.19 bits per heavy atom. The van der Waals surface area contributed by atoms with Crippen molar-refractivity contribution in [2.24, 2.45) is 0 Å². The number of hydrogen-bond donors (Lipinski definition) is 2. The summed E-state index contributed by atoms with van der Waals surface area (Å²) in [6, 6.07) is 3.50. The molecule has 2 N–H and O–H groups in total. The van der Waals surface area contributed by atoms with Gasteiger partial charge in [-0.3, -0.25) is 19.4 Å². The van der Waals surface area contributed by atoms with E-state index in [2.05, 4.69) is 27.0 Å². The number of ether oxygens (including phenoxy) is 1. The van der Waals surface area contributed by atoms with Crippen LogP contribution in [0.25, 0.3) is 0 Å². The average Bonchev–Trinajstić information content (AvgIpc) is 2.64. The first-order valence-corrected chi connectivity index (χ1v) is 9.27. The Morgan fingerprint density at radius 3 is 2.33 bits per heavy atom. The van der Waals surface area contributed by atoms with E-state index >= 15 is 0 Å². The molecule has 1 fully saturated rings. The molecule has 0 unspecified atom stereocenters. The zero-order valence-corrected chi connectivity index (χ0v) is 16.6. The number of nitrogens with one attached hydrogen (secondary N) is 2. The summed E-state index contributed by atoms with van der Waals surface area (Å²) in [5.41, 5.74) is 1.48. The third-order valence-corrected chi connectivity index (χ3v) is 4.80. The van der Waals surface area contributed by atoms with Crippen LogP contribution in [0.2, 0.25) is 5.02 Å². The number of carbonyl (C=O) groups excluding carboxylic acids is 2. The smallest absolute Gasteiger partial charge is 0.238 e. The first kappa shape index (κ1) is 21.2. The molecule has 0 aromatic heterocycles. The van der Waals surface area contributed by atoms with Crippen LogP contribution in [0.1, 0.15) is 5.56 Å². The molecule has 1 saturated heterocycles. The van der Waals surface area contributed by atoms with Gasteiger partial charge in [-0.2, -0.15) is 0 Å². The molecule has 0 bridgehead atoms. The number of benzene rings is 1. The molecule has 8 heteroatoms. The number of methoxy groups -OCH3 is 1. The van der Waals surface area contributed by atoms with E-state index in [0.717, 1.165) is 31.7 Å². The van der Waals surface area contributed by atoms with E-state index in [0.29, 0.717) is 36.1 Å². The zero-order valence-electron chi connectivity index (χ0n) is 15.9. The summed E-state index contributed by atoms with van der Waals surface area (Å²) in [5, 5.41) is 6.26. The Balaban J connectivity index is 1.80. The Hall–Kier alpha value is -2.09. The van der Waals surface area contributed by atoms with Crippen LogP contribution in [-0.4, -0.2) is 74.5 Å². The molecule has 148 valence electrons. The fraction of sp³-hybridized carbons (Fsp3) is 0.474. The predicted molar refractivity (Wildman–Crippen MR) is 107 cm³/mol. The highest BCUT2D eigenvalue weighted by Gasteiger charge is 2.21. The number of amides is 2. The highest BCUT2D eigenvalue weighted by atomic mass is 35.5. The molecule has 0 atom stereocenters. The minimum absolute atomic E-state index is 0.00806. The van der Waals surface area contributed by atoms with Gasteiger partial charge in [0.1, 0.15) is 5.75 Å². The second-order valence-electron chi connectivity index (χ2n) is 6.49. The van der Waals surface area contributed by atoms with E-state index in [4.69, 9.17) is 16.3 Å². The van der Waals surface area contributed by atoms with Crippen molar-refractivity contribution in [1.82, 2.24) is 15.1 Å². The summed E-state index contributed by atoms with van der Waals surface area (Å²) in [6.07, 6.45) is 1.66. The number of anilines is 1. The number of hydrogen-bond acceptors (Lipinski definition) is 5. The van der Waals surface area contributed by atoms with Crippen LogP contribution in [0.5, 0.6) is 5.75 Å². The van der Waals surface area contributed by atoms with Crippen molar-refractivity contribution in [1.29, 1.82) is 0 Å². The van der Waals surface area contributed by atoms with Crippen LogP contribution in [0.4, 0.5) is 5.69 Å². The van der Waals surface area contributed by atoms with Gasteiger partial charge in [-0.25, -0.2) is 0 Å². The maximum Gasteiger partial charge on any atom is 0.238 e. The number of halogens is 1. The van der Waals surface area contributed by atoms with Crippen molar-refractivity contribution in [3.05, 3.63) is 35.4 Å². The quantitative estimate of drug-likeness (QED) is 0.654. The summed E-state index contributed by atoms with van der Waals surface area (Å²) in [7, 11) is 1.54. The third-order valence-electron chi connectivity index (χ3n) is 4.40. The van der Waals surface area contributed by atoms with Gasteiger partial charge in [0.05, 0.1) is 25.9 Å². The van der Waals surface area contributed by atoms with Crippen molar-refractivity contribution in [2.75, 3.05) is 58.2 Å². The molecule has 7 nitrogen and oxygen atoms in total. The fourth-order valence-electron chi connectivity index (χ4n) is 2.87. The molecule has 27 heavy (non-hydrogen) atoms. The largest absolute Gasteiger partial charge is 0.495 e. The van der Waals surface area contributed by atoms with Crippen molar-refractivity contribution in [3.8, 4) is 5.75 Å². The van der Waals surface area contributed by atoms with Gasteiger partial charge in [-0.1, -0.05) is 17.7 Å². The molecule has 2 rings (SSSR count). The molecule has 1 heterocycles. The highest BCUT2D eigenvalue weighted by Crippen LogP contribution is 2.30. The zero-order chi connectivity index (χ0) is 19.8. The summed E-state index contributed by atoms with van der Waals surface area (Å²) in [6.45, 7) is 9.56. The van der Waals surface area contributed by atoms with Crippen LogP contribution in [-0.2, 0) is 9.59 Å². The average molecular weight is 395 g/mol. The number of aryl methyl sites for hydroxylation is 1. The van der Waals surface area contributed by atoms with Crippen LogP contribution in [0.3, 0.4) is 0 Å². The summed E-state index contributed by atoms with van der Waals surface area (Å²) in [4.78, 5) is 28.3. The SMILES string of the molecule is C=CCNC(=O)CN1CCN(CC(=O)Nc2cc(C)c(Cl)cc2OC)CC1. The first-order chi connectivity index (χ1) is 12.9. The van der Waals surface area contributed by atoms with Gasteiger partial charge in [0.15, 0.2) is 0 Å². The van der Waals surface area contributed by atoms with Gasteiger partial charge >= 0.3 is 0 Å². The molecule has 0 aliphatic carbocycles. The second kappa shape index (κ2) is 10.3. The molecular weight excluding hydrogens is 368 g/mol. The van der Waals surface area contributed by atoms with E-state index in [9.17, 15) is 9.59 Å². The molecule has 1 aromatic rings. The van der Waals surface area contributed by atoms with Crippen molar-refractivity contribution < 1.29 is 14.3 Å². The number of piperazine rings is 1. The maximum absolute atomic E-state index is 12.4. The summed E-state index contributed by atoms with van der Waals surface area (Å²) < 4.78 is 5.29. The molecule has 0 radical (unpaired) electrons. The molecule has 2 amide bonds. The van der Waals surface area contributed by atoms with Gasteiger partial charge in [0, 0.05) is 43.8 Å². The minimum Gasteiger partial charge on any atom is -0.495 e. The highest BCUT2D eigenvalue weighted by molar-refractivity contribution is 6.31. The number of nitrogens with zero attached hydrogens (tertiary/aromatic N) is 2. The van der Waals surface area contributed by atoms with E-state index in [1.165, 1.54) is 0 Å². The van der Waals surface area contributed by atoms with Gasteiger partial charge in [0.2, 0.25) is 11.8 Å². The molecule has 0 spiro atoms. The Kier molecular flexibility index (Phi) is 8.09. The normalized spacial score (nSPS) is 15.2. The van der Waals surface area contributed by atoms with Crippen molar-refractivity contribution >= 4 is 29.1 Å². The van der Waals surface area contributed by atoms with E-state index < -0.39 is 0 Å². The number of rotatable bonds is 8. The van der Waals surface area contributed by atoms with Crippen LogP contribution in [0.15, 0.2) is 24.8 Å². The minimum atomic E-state index is -0.104. The standard InChI is InChI=1S/C19H27ClN4O3/c1-4-5-21-18(25)12-23-6-8-24(9-7-23)13-19(26)22-16-10-14(2)15(20)11-17(16)27-3/h4,10-11H,1,5-9,12-13H2,2-3H3,(H,21,25)(H,22,26). The predicted octanol–water partition coefficient (Wildman–Crippen LogP) is 1.52. The van der Waals surface area contributed by atoms with Crippen molar-refractivity contribution in [2.45, 2.75) is 6.92 Å². The lowest BCUT2D eigenvalue weighted by Gasteiger charge is -2.33. The molecular formula is C19H27ClN4O3. The summed E-state index contributed by atoms with van der Waals surface area (Å²) in [5.74, 6) is 0.424. The lowest BCUT2D eigenvalue weighted by atomic mass is 10.2. The Bertz CT molecular complexity index is 688. The maximum atomic E-state index is 12.4. The van der Waals surface area contributed by atoms with E-state index in [1.807, 2.05) is 6.92 Å². The van der Waals surface area contributed by atoms with E-state index in [1.54, 1.807) is 25.3 Å². The van der Waals surface area contributed by atoms with Crippen molar-refractivity contribution in [3.63, 3.8) is 0 Å². The van der Waals surface area contributed by atoms with Crippen LogP contribution < -0.4 is 15.4 Å². The second-order valence-corrected chi connectivity index (χ2v) is 6.90. The molecule has 0 saturated carbocycles. The molecule has 1 aliphatic rings. The van der Waals surface area contributed by atoms with Gasteiger partial charge < -0.3 is 15.4 Å². The van der Waals surface area contributed by atoms with E-state index in [-0.39, 0.29) is 11.8 Å². The topological polar surface area (TPSA) is 73.9 Å². The Labute approximate surface area is 165 Å². The number of carbonyl (C=O) groups is 2. The lowest BCUT2D eigenvalue weighted by Crippen LogP contribution is -2.51. The summed E-state index contributed by atoms with van der Waals surface area (Å²) >= 11 is 6.10. The van der Waals surface area contributed by atoms with Gasteiger partial charge in [0.25, 0.3) is 0 Å². The monoisotopic (exact) mass is 394 g/mol. The lowest BCUT2D eigenvalue weighted by molar-refractivity contribution is -0.123. The van der Waals surface area contributed by atoms with Gasteiger partial charge in [-0.05, 0) is 18.6 Å². The Morgan fingerprint density at radius 2 is 1.78 bits per heavy atom. The third kappa shape index (κ3) is 6.53. The fourth-order valence-corrected chi connectivity index (χ4v) is 3.03. The first-order valence-electron chi connectivity index (χ1n) is 8.89. The molecule has 1 aromatic carbocycles. The van der Waals surface area contributed by atoms with Crippen LogP contribution >= 0.6 is 11.6 Å². The molecule has 1 aliphatic heterocycles. The van der Waals surface area contributed by atoms with Crippen LogP contribution in [0, 0.1) is 6.92 Å². The van der Waals surface area contributed by atoms with Gasteiger partial charge in [-0.15, -0.1) is 6.58 Å².